The fraction of sp³-hybridized carbons (Fsp3) is 0.478. The molecule has 4 atom stereocenters. The molecule has 6 aliphatic heterocycles. The molecule has 95 heavy (non-hydrogen) atoms. The van der Waals surface area contributed by atoms with Crippen LogP contribution in [0.2, 0.25) is 0 Å². The minimum Gasteiger partial charge on any atom is -0.478 e. The summed E-state index contributed by atoms with van der Waals surface area (Å²) in [7, 11) is -1.37. The van der Waals surface area contributed by atoms with Crippen molar-refractivity contribution < 1.29 is 95.6 Å². The van der Waals surface area contributed by atoms with Gasteiger partial charge in [-0.2, -0.15) is 27.1 Å². The summed E-state index contributed by atoms with van der Waals surface area (Å²) in [5.41, 5.74) is 30.8. The van der Waals surface area contributed by atoms with Gasteiger partial charge in [0.05, 0.1) is 24.5 Å². The first-order valence-electron chi connectivity index (χ1n) is 27.1. The number of amides is 8. The van der Waals surface area contributed by atoms with Crippen LogP contribution in [0.15, 0.2) is 55.9 Å². The second-order valence-electron chi connectivity index (χ2n) is 21.0. The lowest BCUT2D eigenvalue weighted by Crippen LogP contribution is -2.71. The molecule has 49 heteroatoms. The maximum Gasteiger partial charge on any atom is 0.394 e. The number of hydrogen-bond acceptors (Lipinski definition) is 34. The Morgan fingerprint density at radius 3 is 1.24 bits per heavy atom. The monoisotopic (exact) mass is 1430 g/mol. The molecular formula is C46H66N24O20S5. The number of fused-ring (bicyclic) bond motifs is 2. The second-order valence-corrected chi connectivity index (χ2v) is 25.7. The molecule has 0 aliphatic carbocycles. The van der Waals surface area contributed by atoms with Crippen LogP contribution in [0.1, 0.15) is 39.3 Å². The van der Waals surface area contributed by atoms with Gasteiger partial charge in [0.25, 0.3) is 23.6 Å². The maximum atomic E-state index is 13.3. The van der Waals surface area contributed by atoms with Crippen molar-refractivity contribution in [1.82, 2.24) is 80.5 Å². The van der Waals surface area contributed by atoms with E-state index in [4.69, 9.17) is 61.6 Å². The lowest BCUT2D eigenvalue weighted by molar-refractivity contribution is -0.161. The van der Waals surface area contributed by atoms with E-state index < -0.39 is 115 Å². The zero-order valence-electron chi connectivity index (χ0n) is 50.7. The highest BCUT2D eigenvalue weighted by atomic mass is 32.3. The van der Waals surface area contributed by atoms with Crippen molar-refractivity contribution in [2.24, 2.45) is 33.2 Å². The molecule has 44 nitrogen and oxygen atoms in total. The molecule has 0 bridgehead atoms. The van der Waals surface area contributed by atoms with Gasteiger partial charge in [-0.05, 0) is 38.8 Å². The van der Waals surface area contributed by atoms with E-state index >= 15 is 0 Å². The summed E-state index contributed by atoms with van der Waals surface area (Å²) >= 11 is 3.96. The van der Waals surface area contributed by atoms with Crippen LogP contribution in [-0.2, 0) is 58.4 Å². The number of β-lactam (4-membered cyclic amide) rings is 2. The average molecular weight is 1440 g/mol. The summed E-state index contributed by atoms with van der Waals surface area (Å²) in [6.45, 7) is 6.34. The number of oxime groups is 2. The summed E-state index contributed by atoms with van der Waals surface area (Å²) in [5.74, 6) is -8.34. The van der Waals surface area contributed by atoms with Gasteiger partial charge >= 0.3 is 46.3 Å². The van der Waals surface area contributed by atoms with Gasteiger partial charge in [-0.15, -0.1) is 23.5 Å². The van der Waals surface area contributed by atoms with E-state index in [1.807, 2.05) is 0 Å². The van der Waals surface area contributed by atoms with Crippen LogP contribution in [0.5, 0.6) is 0 Å². The number of carbonyl (C=O) groups is 10. The van der Waals surface area contributed by atoms with Crippen LogP contribution >= 0.6 is 46.6 Å². The van der Waals surface area contributed by atoms with E-state index in [9.17, 15) is 68.4 Å². The largest absolute Gasteiger partial charge is 0.478 e. The van der Waals surface area contributed by atoms with E-state index in [1.54, 1.807) is 34.1 Å². The predicted molar refractivity (Wildman–Crippen MR) is 333 cm³/mol. The number of thioether (sulfide) groups is 2. The quantitative estimate of drug-likeness (QED) is 0.0201. The smallest absolute Gasteiger partial charge is 0.394 e. The molecule has 2 aromatic heterocycles. The van der Waals surface area contributed by atoms with Gasteiger partial charge in [-0.25, -0.2) is 38.8 Å². The maximum absolute atomic E-state index is 13.3. The van der Waals surface area contributed by atoms with Crippen molar-refractivity contribution in [2.45, 2.75) is 61.7 Å². The van der Waals surface area contributed by atoms with E-state index in [0.717, 1.165) is 32.9 Å². The standard InChI is InChI=1S/2C23H32N12O8S2.H2O4S/c2*1-23(2,20(40)41)43-31-11(15-30-21(26)45-32-15)16(36)29-12-17(37)35-13(19(38)39)9(8-44-18(12)35)6-34-7-10(14(25)33(34)3)28-22(42)27-5-4-24;1-5(2,3)4/h2*12,18H,4-8,24-25H2,1-3H3,(H,29,36)(H,38,39)(H,40,41)(H2,26,30,32)(H2,27,28,42);(H2,1,2,3,4)/b2*31-11-;/t2*12-,18-;/m11./s1. The zero-order chi connectivity index (χ0) is 70.9. The number of aromatic nitrogens is 4. The first-order chi connectivity index (χ1) is 44.3. The van der Waals surface area contributed by atoms with Crippen molar-refractivity contribution in [2.75, 3.05) is 89.4 Å². The molecule has 520 valence electrons. The number of rotatable bonds is 24. The molecule has 2 fully saturated rings. The third kappa shape index (κ3) is 18.1. The average Bonchev–Trinajstić information content (AvgIpc) is 0.766. The Morgan fingerprint density at radius 2 is 0.958 bits per heavy atom. The molecule has 0 spiro atoms. The molecule has 2 aromatic rings. The summed E-state index contributed by atoms with van der Waals surface area (Å²) in [4.78, 5) is 145. The molecule has 8 amide bonds. The number of aliphatic carboxylic acids is 4. The number of urea groups is 2. The first-order valence-corrected chi connectivity index (χ1v) is 32.1. The Balaban J connectivity index is 0.000000281. The highest BCUT2D eigenvalue weighted by Gasteiger charge is 2.56. The molecule has 24 N–H and O–H groups in total. The number of nitrogens with two attached hydrogens (primary N) is 6. The number of hydrazine groups is 2. The van der Waals surface area contributed by atoms with Gasteiger partial charge in [0, 0.05) is 87.9 Å². The van der Waals surface area contributed by atoms with E-state index in [2.05, 4.69) is 60.9 Å². The van der Waals surface area contributed by atoms with Crippen molar-refractivity contribution in [3.05, 3.63) is 57.2 Å². The molecule has 2 saturated heterocycles. The number of carboxylic acid groups (broad SMARTS) is 4. The zero-order valence-corrected chi connectivity index (χ0v) is 54.7. The summed E-state index contributed by atoms with van der Waals surface area (Å²) in [5, 5.41) is 66.6. The number of nitrogens with zero attached hydrogens (tertiary/aromatic N) is 12. The highest BCUT2D eigenvalue weighted by molar-refractivity contribution is 8.00. The topological polar surface area (TPSA) is 669 Å². The number of nitrogens with one attached hydrogen (secondary N) is 6. The Hall–Kier alpha value is -9.47. The fourth-order valence-electron chi connectivity index (χ4n) is 8.60. The van der Waals surface area contributed by atoms with Gasteiger partial charge in [0.2, 0.25) is 34.3 Å². The van der Waals surface area contributed by atoms with Crippen molar-refractivity contribution in [3.63, 3.8) is 0 Å². The van der Waals surface area contributed by atoms with Gasteiger partial charge in [0.15, 0.2) is 10.3 Å². The second kappa shape index (κ2) is 30.7. The van der Waals surface area contributed by atoms with Crippen LogP contribution < -0.4 is 66.3 Å². The molecule has 0 radical (unpaired) electrons. The lowest BCUT2D eigenvalue weighted by Gasteiger charge is -2.49. The van der Waals surface area contributed by atoms with Crippen LogP contribution in [0.4, 0.5) is 19.9 Å². The van der Waals surface area contributed by atoms with Crippen molar-refractivity contribution >= 4 is 138 Å². The number of nitrogen functional groups attached to an aromatic ring is 2. The molecule has 0 unspecified atom stereocenters. The molecule has 8 rings (SSSR count). The first kappa shape index (κ1) is 74.6. The number of hydrogen-bond donors (Lipinski definition) is 18. The van der Waals surface area contributed by atoms with Crippen LogP contribution in [0, 0.1) is 0 Å². The number of carboxylic acids is 4. The minimum atomic E-state index is -4.67. The van der Waals surface area contributed by atoms with Crippen molar-refractivity contribution in [3.8, 4) is 0 Å². The van der Waals surface area contributed by atoms with Crippen molar-refractivity contribution in [1.29, 1.82) is 0 Å². The Bertz CT molecular complexity index is 3490. The fourth-order valence-corrected chi connectivity index (χ4v) is 12.1. The van der Waals surface area contributed by atoms with Gasteiger partial charge in [-0.3, -0.25) is 48.1 Å². The number of carbonyl (C=O) groups excluding carboxylic acids is 6. The van der Waals surface area contributed by atoms with E-state index in [0.29, 0.717) is 22.5 Å². The van der Waals surface area contributed by atoms with E-state index in [-0.39, 0.29) is 109 Å². The Kier molecular flexibility index (Phi) is 24.1. The van der Waals surface area contributed by atoms with Gasteiger partial charge in [0.1, 0.15) is 45.9 Å². The lowest BCUT2D eigenvalue weighted by atomic mass is 10.0. The SMILES string of the molecule is CN1C(N)=C(NC(=O)NCCN)CN1CC1=C(C(=O)O)N2C(=O)[C@@H](NC(=O)/C(=N\OC(C)(C)C(=O)O)c3nsc(N)n3)[C@H]2SC1.CN1C(N)=C(NC(=O)NCCN)CN1CC1=C(C(=O)O)N2C(=O)[C@@H](NC(=O)/C(=N\OC(C)(C)C(=O)O)c3nsc(N)n3)[C@H]2SC1.O=S(=O)(O)O. The third-order valence-corrected chi connectivity index (χ3v) is 17.3. The minimum absolute atomic E-state index is 0.00106. The Labute approximate surface area is 553 Å². The molecule has 6 aliphatic rings. The third-order valence-electron chi connectivity index (χ3n) is 13.6. The number of anilines is 2. The van der Waals surface area contributed by atoms with Gasteiger partial charge in [-0.1, -0.05) is 10.3 Å². The molecule has 0 aromatic carbocycles. The predicted octanol–water partition coefficient (Wildman–Crippen LogP) is -6.67. The summed E-state index contributed by atoms with van der Waals surface area (Å²) in [6.07, 6.45) is 0. The van der Waals surface area contributed by atoms with Gasteiger partial charge < -0.3 is 96.4 Å². The highest BCUT2D eigenvalue weighted by Crippen LogP contribution is 2.42. The summed E-state index contributed by atoms with van der Waals surface area (Å²) < 4.78 is 39.4. The van der Waals surface area contributed by atoms with Crippen LogP contribution in [0.25, 0.3) is 0 Å². The molecule has 0 saturated carbocycles. The Morgan fingerprint density at radius 1 is 0.621 bits per heavy atom. The normalized spacial score (nSPS) is 20.1. The van der Waals surface area contributed by atoms with Crippen LogP contribution in [-0.4, -0.2) is 269 Å². The van der Waals surface area contributed by atoms with Crippen LogP contribution in [0.3, 0.4) is 0 Å². The molecule has 8 heterocycles. The summed E-state index contributed by atoms with van der Waals surface area (Å²) in [6, 6.07) is -3.29. The molecular weight excluding hydrogens is 1370 g/mol. The van der Waals surface area contributed by atoms with E-state index in [1.165, 1.54) is 51.2 Å².